The molecule has 2 unspecified atom stereocenters. The maximum atomic E-state index is 12.6. The van der Waals surface area contributed by atoms with Crippen LogP contribution >= 0.6 is 24.2 Å². The average molecular weight is 462 g/mol. The van der Waals surface area contributed by atoms with Gasteiger partial charge < -0.3 is 30.3 Å². The number of β-lactam (4-membered cyclic amide) rings is 1. The highest BCUT2D eigenvalue weighted by Gasteiger charge is 2.86. The Bertz CT molecular complexity index is 876. The van der Waals surface area contributed by atoms with Crippen LogP contribution in [0.4, 0.5) is 0 Å². The zero-order chi connectivity index (χ0) is 21.2. The predicted octanol–water partition coefficient (Wildman–Crippen LogP) is -0.485. The minimum atomic E-state index is -2.67. The Morgan fingerprint density at radius 1 is 1.33 bits per heavy atom. The first kappa shape index (κ1) is 22.8. The van der Waals surface area contributed by atoms with E-state index in [1.54, 1.807) is 12.4 Å². The SMILES string of the molecule is CC1(C)SC2(O)N(C(=O)C2(O)N=CN2CCC(c3ncc[nH]3)CC2)[C@]1(O)C(=O)O.Cl. The summed E-state index contributed by atoms with van der Waals surface area (Å²) in [6.45, 7) is 3.97. The molecule has 3 atom stereocenters. The summed E-state index contributed by atoms with van der Waals surface area (Å²) in [5, 5.41) is 39.4. The molecule has 13 heteroatoms. The number of hydrogen-bond acceptors (Lipinski definition) is 8. The number of carboxylic acids is 1. The average Bonchev–Trinajstić information content (AvgIpc) is 3.24. The lowest BCUT2D eigenvalue weighted by molar-refractivity contribution is -0.288. The molecule has 0 bridgehead atoms. The van der Waals surface area contributed by atoms with Crippen LogP contribution in [-0.4, -0.2) is 92.8 Å². The second-order valence-electron chi connectivity index (χ2n) is 8.04. The second kappa shape index (κ2) is 7.09. The van der Waals surface area contributed by atoms with Gasteiger partial charge in [-0.25, -0.2) is 14.8 Å². The molecule has 30 heavy (non-hydrogen) atoms. The summed E-state index contributed by atoms with van der Waals surface area (Å²) in [4.78, 5) is 37.7. The van der Waals surface area contributed by atoms with Crippen LogP contribution in [0.2, 0.25) is 0 Å². The van der Waals surface area contributed by atoms with Crippen LogP contribution in [0.3, 0.4) is 0 Å². The minimum Gasteiger partial charge on any atom is -0.478 e. The number of aliphatic carboxylic acids is 1. The number of rotatable bonds is 4. The molecule has 0 radical (unpaired) electrons. The van der Waals surface area contributed by atoms with Crippen molar-refractivity contribution in [1.82, 2.24) is 19.8 Å². The fourth-order valence-corrected chi connectivity index (χ4v) is 5.78. The van der Waals surface area contributed by atoms with Gasteiger partial charge in [0.25, 0.3) is 22.4 Å². The van der Waals surface area contributed by atoms with Crippen LogP contribution in [0.25, 0.3) is 0 Å². The third kappa shape index (κ3) is 2.78. The van der Waals surface area contributed by atoms with E-state index in [-0.39, 0.29) is 18.3 Å². The Balaban J connectivity index is 0.00000256. The summed E-state index contributed by atoms with van der Waals surface area (Å²) in [6.07, 6.45) is 6.36. The fraction of sp³-hybridized carbons (Fsp3) is 0.647. The van der Waals surface area contributed by atoms with E-state index in [0.29, 0.717) is 29.8 Å². The smallest absolute Gasteiger partial charge is 0.359 e. The largest absolute Gasteiger partial charge is 0.478 e. The van der Waals surface area contributed by atoms with Gasteiger partial charge >= 0.3 is 5.97 Å². The molecule has 0 aromatic carbocycles. The highest BCUT2D eigenvalue weighted by molar-refractivity contribution is 8.02. The lowest BCUT2D eigenvalue weighted by atomic mass is 9.89. The number of halogens is 1. The van der Waals surface area contributed by atoms with Crippen LogP contribution < -0.4 is 0 Å². The molecule has 4 heterocycles. The Kier molecular flexibility index (Phi) is 5.39. The van der Waals surface area contributed by atoms with Crippen molar-refractivity contribution in [3.63, 3.8) is 0 Å². The van der Waals surface area contributed by atoms with Gasteiger partial charge in [0.15, 0.2) is 0 Å². The zero-order valence-corrected chi connectivity index (χ0v) is 18.0. The molecule has 11 nitrogen and oxygen atoms in total. The Morgan fingerprint density at radius 2 is 1.97 bits per heavy atom. The van der Waals surface area contributed by atoms with E-state index in [1.165, 1.54) is 20.2 Å². The number of piperidine rings is 1. The Labute approximate surface area is 182 Å². The fourth-order valence-electron chi connectivity index (χ4n) is 4.16. The van der Waals surface area contributed by atoms with E-state index in [9.17, 15) is 30.0 Å². The maximum Gasteiger partial charge on any atom is 0.359 e. The molecule has 5 N–H and O–H groups in total. The number of nitrogens with one attached hydrogen (secondary N) is 1. The molecule has 0 aliphatic carbocycles. The molecule has 4 rings (SSSR count). The number of thioether (sulfide) groups is 1. The Morgan fingerprint density at radius 3 is 2.50 bits per heavy atom. The molecule has 1 amide bonds. The first-order chi connectivity index (χ1) is 13.5. The number of aromatic nitrogens is 2. The quantitative estimate of drug-likeness (QED) is 0.226. The number of carbonyl (C=O) groups is 2. The summed E-state index contributed by atoms with van der Waals surface area (Å²) in [7, 11) is 0. The van der Waals surface area contributed by atoms with Gasteiger partial charge in [-0.15, -0.1) is 12.4 Å². The number of likely N-dealkylation sites (tertiary alicyclic amines) is 1. The molecule has 166 valence electrons. The number of nitrogens with zero attached hydrogens (tertiary/aromatic N) is 4. The number of imidazole rings is 1. The van der Waals surface area contributed by atoms with Crippen LogP contribution in [-0.2, 0) is 9.59 Å². The van der Waals surface area contributed by atoms with Crippen LogP contribution in [0.15, 0.2) is 17.4 Å². The summed E-state index contributed by atoms with van der Waals surface area (Å²) in [6, 6.07) is 0. The lowest BCUT2D eigenvalue weighted by Crippen LogP contribution is -2.83. The molecular formula is C17H24ClN5O6S. The second-order valence-corrected chi connectivity index (χ2v) is 9.83. The van der Waals surface area contributed by atoms with E-state index in [0.717, 1.165) is 18.7 Å². The van der Waals surface area contributed by atoms with Gasteiger partial charge in [0, 0.05) is 31.4 Å². The number of hydrogen-bond donors (Lipinski definition) is 5. The van der Waals surface area contributed by atoms with Gasteiger partial charge in [-0.2, -0.15) is 0 Å². The van der Waals surface area contributed by atoms with Crippen molar-refractivity contribution in [2.75, 3.05) is 13.1 Å². The van der Waals surface area contributed by atoms with Crippen molar-refractivity contribution in [3.8, 4) is 0 Å². The maximum absolute atomic E-state index is 12.6. The first-order valence-electron chi connectivity index (χ1n) is 9.21. The summed E-state index contributed by atoms with van der Waals surface area (Å²) < 4.78 is -1.48. The zero-order valence-electron chi connectivity index (χ0n) is 16.3. The molecule has 1 aromatic heterocycles. The monoisotopic (exact) mass is 461 g/mol. The molecule has 0 spiro atoms. The molecule has 3 aliphatic rings. The summed E-state index contributed by atoms with van der Waals surface area (Å²) >= 11 is 0.586. The van der Waals surface area contributed by atoms with Gasteiger partial charge in [-0.3, -0.25) is 9.69 Å². The number of amides is 1. The normalized spacial score (nSPS) is 35.8. The number of aromatic amines is 1. The molecule has 0 saturated carbocycles. The molecular weight excluding hydrogens is 438 g/mol. The van der Waals surface area contributed by atoms with E-state index in [4.69, 9.17) is 0 Å². The van der Waals surface area contributed by atoms with E-state index < -0.39 is 33.1 Å². The van der Waals surface area contributed by atoms with Crippen molar-refractivity contribution in [1.29, 1.82) is 0 Å². The number of H-pyrrole nitrogens is 1. The predicted molar refractivity (Wildman–Crippen MR) is 109 cm³/mol. The van der Waals surface area contributed by atoms with E-state index in [1.807, 2.05) is 4.90 Å². The van der Waals surface area contributed by atoms with Crippen LogP contribution in [0, 0.1) is 0 Å². The number of aliphatic hydroxyl groups is 3. The first-order valence-corrected chi connectivity index (χ1v) is 10.0. The van der Waals surface area contributed by atoms with Crippen molar-refractivity contribution in [2.45, 2.75) is 53.9 Å². The van der Waals surface area contributed by atoms with Crippen LogP contribution in [0.1, 0.15) is 38.4 Å². The van der Waals surface area contributed by atoms with Crippen molar-refractivity contribution >= 4 is 42.4 Å². The minimum absolute atomic E-state index is 0. The van der Waals surface area contributed by atoms with Gasteiger partial charge in [0.05, 0.1) is 11.1 Å². The molecule has 3 saturated heterocycles. The molecule has 1 aromatic rings. The highest BCUT2D eigenvalue weighted by atomic mass is 35.5. The lowest BCUT2D eigenvalue weighted by Gasteiger charge is -2.54. The number of fused-ring (bicyclic) bond motifs is 1. The highest BCUT2D eigenvalue weighted by Crippen LogP contribution is 2.64. The number of carbonyl (C=O) groups excluding carboxylic acids is 1. The van der Waals surface area contributed by atoms with E-state index in [2.05, 4.69) is 15.0 Å². The standard InChI is InChI=1S/C17H23N5O6S.ClH/c1-14(2)16(27,13(24)25)22-12(23)15(26,17(22,28)29-14)20-9-21-7-3-10(4-8-21)11-18-5-6-19-11;/h5-6,9-10,26-28H,3-4,7-8H2,1-2H3,(H,18,19)(H,24,25);1H/t15?,16-,17?;/m0./s1. The van der Waals surface area contributed by atoms with Crippen molar-refractivity contribution < 1.29 is 30.0 Å². The third-order valence-corrected chi connectivity index (χ3v) is 7.51. The summed E-state index contributed by atoms with van der Waals surface area (Å²) in [5.74, 6) is -1.66. The third-order valence-electron chi connectivity index (χ3n) is 5.96. The topological polar surface area (TPSA) is 163 Å². The Hall–Kier alpha value is -1.86. The summed E-state index contributed by atoms with van der Waals surface area (Å²) in [5.41, 5.74) is -5.25. The number of carboxylic acid groups (broad SMARTS) is 1. The van der Waals surface area contributed by atoms with Gasteiger partial charge in [-0.1, -0.05) is 11.8 Å². The number of aliphatic imine (C=N–C) groups is 1. The van der Waals surface area contributed by atoms with Gasteiger partial charge in [0.1, 0.15) is 5.82 Å². The van der Waals surface area contributed by atoms with Crippen molar-refractivity contribution in [3.05, 3.63) is 18.2 Å². The van der Waals surface area contributed by atoms with Gasteiger partial charge in [0.2, 0.25) is 0 Å². The van der Waals surface area contributed by atoms with Crippen LogP contribution in [0.5, 0.6) is 0 Å². The van der Waals surface area contributed by atoms with E-state index >= 15 is 0 Å². The molecule has 3 aliphatic heterocycles. The molecule has 3 fully saturated rings. The van der Waals surface area contributed by atoms with Crippen molar-refractivity contribution in [2.24, 2.45) is 4.99 Å². The van der Waals surface area contributed by atoms with Gasteiger partial charge in [-0.05, 0) is 26.7 Å².